The van der Waals surface area contributed by atoms with Crippen molar-refractivity contribution >= 4 is 5.91 Å². The molecule has 1 amide bonds. The first-order chi connectivity index (χ1) is 12.5. The number of rotatable bonds is 6. The van der Waals surface area contributed by atoms with Crippen molar-refractivity contribution in [1.82, 2.24) is 19.7 Å². The summed E-state index contributed by atoms with van der Waals surface area (Å²) in [5.41, 5.74) is 3.93. The van der Waals surface area contributed by atoms with Crippen molar-refractivity contribution in [3.8, 4) is 0 Å². The van der Waals surface area contributed by atoms with Crippen LogP contribution in [0.5, 0.6) is 0 Å². The first kappa shape index (κ1) is 17.7. The summed E-state index contributed by atoms with van der Waals surface area (Å²) >= 11 is 0. The van der Waals surface area contributed by atoms with Crippen LogP contribution in [0.15, 0.2) is 59.5 Å². The van der Waals surface area contributed by atoms with Gasteiger partial charge in [-0.05, 0) is 25.5 Å². The van der Waals surface area contributed by atoms with Crippen molar-refractivity contribution in [3.05, 3.63) is 87.6 Å². The van der Waals surface area contributed by atoms with Crippen LogP contribution < -0.4 is 10.9 Å². The average molecular weight is 350 g/mol. The summed E-state index contributed by atoms with van der Waals surface area (Å²) in [7, 11) is 0. The molecule has 0 saturated heterocycles. The monoisotopic (exact) mass is 350 g/mol. The Kier molecular flexibility index (Phi) is 5.31. The number of nitrogens with one attached hydrogen (secondary N) is 1. The zero-order valence-electron chi connectivity index (χ0n) is 15.0. The molecular weight excluding hydrogens is 328 g/mol. The number of hydrogen-bond donors (Lipinski definition) is 1. The molecule has 0 aliphatic heterocycles. The van der Waals surface area contributed by atoms with Gasteiger partial charge in [-0.3, -0.25) is 14.3 Å². The standard InChI is InChI=1S/C20H22N4O2/c1-15-18(12-21-19(25)14-23-11-7-6-10-20(23)26)16(2)24(22-15)13-17-8-4-3-5-9-17/h3-11H,12-14H2,1-2H3,(H,21,25). The molecule has 0 spiro atoms. The first-order valence-corrected chi connectivity index (χ1v) is 8.53. The molecule has 0 unspecified atom stereocenters. The molecule has 0 aliphatic rings. The first-order valence-electron chi connectivity index (χ1n) is 8.53. The molecule has 0 bridgehead atoms. The maximum Gasteiger partial charge on any atom is 0.250 e. The lowest BCUT2D eigenvalue weighted by Gasteiger charge is -2.08. The molecule has 2 aromatic heterocycles. The molecule has 0 fully saturated rings. The highest BCUT2D eigenvalue weighted by Gasteiger charge is 2.13. The van der Waals surface area contributed by atoms with Gasteiger partial charge in [0, 0.05) is 30.1 Å². The molecule has 0 aliphatic carbocycles. The fraction of sp³-hybridized carbons (Fsp3) is 0.250. The number of carbonyl (C=O) groups is 1. The largest absolute Gasteiger partial charge is 0.350 e. The number of benzene rings is 1. The molecule has 0 atom stereocenters. The summed E-state index contributed by atoms with van der Waals surface area (Å²) in [6, 6.07) is 15.0. The van der Waals surface area contributed by atoms with Gasteiger partial charge in [0.15, 0.2) is 0 Å². The molecule has 3 rings (SSSR count). The lowest BCUT2D eigenvalue weighted by atomic mass is 10.2. The highest BCUT2D eigenvalue weighted by molar-refractivity contribution is 5.75. The van der Waals surface area contributed by atoms with Crippen LogP contribution in [0.1, 0.15) is 22.5 Å². The Bertz CT molecular complexity index is 957. The Labute approximate surface area is 152 Å². The van der Waals surface area contributed by atoms with Crippen molar-refractivity contribution < 1.29 is 4.79 Å². The molecule has 6 nitrogen and oxygen atoms in total. The smallest absolute Gasteiger partial charge is 0.250 e. The average Bonchev–Trinajstić information content (AvgIpc) is 2.89. The van der Waals surface area contributed by atoms with Gasteiger partial charge in [0.1, 0.15) is 6.54 Å². The normalized spacial score (nSPS) is 10.7. The van der Waals surface area contributed by atoms with E-state index in [2.05, 4.69) is 22.5 Å². The van der Waals surface area contributed by atoms with E-state index in [0.717, 1.165) is 17.0 Å². The summed E-state index contributed by atoms with van der Waals surface area (Å²) in [6.45, 7) is 5.05. The third-order valence-corrected chi connectivity index (χ3v) is 4.38. The van der Waals surface area contributed by atoms with Crippen LogP contribution in [0.4, 0.5) is 0 Å². The van der Waals surface area contributed by atoms with Crippen molar-refractivity contribution in [2.75, 3.05) is 0 Å². The van der Waals surface area contributed by atoms with Gasteiger partial charge in [-0.15, -0.1) is 0 Å². The number of aryl methyl sites for hydroxylation is 1. The van der Waals surface area contributed by atoms with E-state index in [0.29, 0.717) is 13.1 Å². The van der Waals surface area contributed by atoms with Crippen molar-refractivity contribution in [2.24, 2.45) is 0 Å². The van der Waals surface area contributed by atoms with Gasteiger partial charge in [-0.1, -0.05) is 36.4 Å². The van der Waals surface area contributed by atoms with E-state index in [-0.39, 0.29) is 18.0 Å². The number of carbonyl (C=O) groups excluding carboxylic acids is 1. The number of pyridine rings is 1. The maximum atomic E-state index is 12.2. The summed E-state index contributed by atoms with van der Waals surface area (Å²) in [5, 5.41) is 7.47. The van der Waals surface area contributed by atoms with Gasteiger partial charge in [-0.2, -0.15) is 5.10 Å². The summed E-state index contributed by atoms with van der Waals surface area (Å²) in [6.07, 6.45) is 1.61. The lowest BCUT2D eigenvalue weighted by Crippen LogP contribution is -2.31. The number of amides is 1. The predicted octanol–water partition coefficient (Wildman–Crippen LogP) is 2.03. The molecule has 26 heavy (non-hydrogen) atoms. The minimum Gasteiger partial charge on any atom is -0.350 e. The van der Waals surface area contributed by atoms with E-state index in [1.165, 1.54) is 16.2 Å². The van der Waals surface area contributed by atoms with E-state index in [1.807, 2.05) is 36.7 Å². The second-order valence-electron chi connectivity index (χ2n) is 6.24. The summed E-state index contributed by atoms with van der Waals surface area (Å²) in [4.78, 5) is 23.8. The number of nitrogens with zero attached hydrogens (tertiary/aromatic N) is 3. The molecule has 134 valence electrons. The lowest BCUT2D eigenvalue weighted by molar-refractivity contribution is -0.121. The summed E-state index contributed by atoms with van der Waals surface area (Å²) < 4.78 is 3.34. The molecular formula is C20H22N4O2. The van der Waals surface area contributed by atoms with E-state index in [1.54, 1.807) is 18.3 Å². The van der Waals surface area contributed by atoms with Gasteiger partial charge < -0.3 is 9.88 Å². The van der Waals surface area contributed by atoms with Crippen LogP contribution in [0.2, 0.25) is 0 Å². The Balaban J connectivity index is 1.66. The summed E-state index contributed by atoms with van der Waals surface area (Å²) in [5.74, 6) is -0.201. The van der Waals surface area contributed by atoms with Crippen molar-refractivity contribution in [2.45, 2.75) is 33.5 Å². The topological polar surface area (TPSA) is 68.9 Å². The zero-order valence-corrected chi connectivity index (χ0v) is 15.0. The van der Waals surface area contributed by atoms with Crippen LogP contribution in [-0.2, 0) is 24.4 Å². The molecule has 0 radical (unpaired) electrons. The van der Waals surface area contributed by atoms with Crippen LogP contribution >= 0.6 is 0 Å². The van der Waals surface area contributed by atoms with E-state index in [4.69, 9.17) is 0 Å². The minimum absolute atomic E-state index is 0.00984. The molecule has 1 aromatic carbocycles. The number of hydrogen-bond acceptors (Lipinski definition) is 3. The molecule has 6 heteroatoms. The Morgan fingerprint density at radius 1 is 1.08 bits per heavy atom. The van der Waals surface area contributed by atoms with Crippen LogP contribution in [0, 0.1) is 13.8 Å². The van der Waals surface area contributed by atoms with Crippen molar-refractivity contribution in [1.29, 1.82) is 0 Å². The highest BCUT2D eigenvalue weighted by Crippen LogP contribution is 2.14. The van der Waals surface area contributed by atoms with E-state index in [9.17, 15) is 9.59 Å². The van der Waals surface area contributed by atoms with Gasteiger partial charge in [-0.25, -0.2) is 0 Å². The molecule has 3 aromatic rings. The van der Waals surface area contributed by atoms with E-state index < -0.39 is 0 Å². The Hall–Kier alpha value is -3.15. The quantitative estimate of drug-likeness (QED) is 0.739. The predicted molar refractivity (Wildman–Crippen MR) is 99.8 cm³/mol. The fourth-order valence-electron chi connectivity index (χ4n) is 2.89. The second-order valence-corrected chi connectivity index (χ2v) is 6.24. The molecule has 2 heterocycles. The maximum absolute atomic E-state index is 12.2. The SMILES string of the molecule is Cc1nn(Cc2ccccc2)c(C)c1CNC(=O)Cn1ccccc1=O. The van der Waals surface area contributed by atoms with Crippen molar-refractivity contribution in [3.63, 3.8) is 0 Å². The van der Waals surface area contributed by atoms with E-state index >= 15 is 0 Å². The van der Waals surface area contributed by atoms with Gasteiger partial charge in [0.25, 0.3) is 5.56 Å². The molecule has 0 saturated carbocycles. The molecule has 1 N–H and O–H groups in total. The Morgan fingerprint density at radius 3 is 2.54 bits per heavy atom. The minimum atomic E-state index is -0.201. The third-order valence-electron chi connectivity index (χ3n) is 4.38. The highest BCUT2D eigenvalue weighted by atomic mass is 16.2. The van der Waals surface area contributed by atoms with Gasteiger partial charge >= 0.3 is 0 Å². The Morgan fingerprint density at radius 2 is 1.81 bits per heavy atom. The van der Waals surface area contributed by atoms with Gasteiger partial charge in [0.2, 0.25) is 5.91 Å². The fourth-order valence-corrected chi connectivity index (χ4v) is 2.89. The van der Waals surface area contributed by atoms with Crippen LogP contribution in [0.25, 0.3) is 0 Å². The zero-order chi connectivity index (χ0) is 18.5. The van der Waals surface area contributed by atoms with Crippen LogP contribution in [-0.4, -0.2) is 20.3 Å². The second kappa shape index (κ2) is 7.82. The van der Waals surface area contributed by atoms with Gasteiger partial charge in [0.05, 0.1) is 12.2 Å². The van der Waals surface area contributed by atoms with Crippen LogP contribution in [0.3, 0.4) is 0 Å². The number of aromatic nitrogens is 3. The third kappa shape index (κ3) is 4.08.